The lowest BCUT2D eigenvalue weighted by Crippen LogP contribution is -2.24. The van der Waals surface area contributed by atoms with Crippen LogP contribution in [0.5, 0.6) is 0 Å². The second-order valence-corrected chi connectivity index (χ2v) is 4.67. The Kier molecular flexibility index (Phi) is 3.25. The number of hydrogen-bond donors (Lipinski definition) is 2. The largest absolute Gasteiger partial charge is 0.446 e. The van der Waals surface area contributed by atoms with Gasteiger partial charge in [0.15, 0.2) is 6.39 Å². The van der Waals surface area contributed by atoms with Crippen molar-refractivity contribution in [1.82, 2.24) is 15.3 Å². The number of H-pyrrole nitrogens is 1. The van der Waals surface area contributed by atoms with E-state index in [9.17, 15) is 4.79 Å². The van der Waals surface area contributed by atoms with Gasteiger partial charge in [-0.15, -0.1) is 0 Å². The van der Waals surface area contributed by atoms with Crippen molar-refractivity contribution in [2.24, 2.45) is 0 Å². The van der Waals surface area contributed by atoms with Crippen LogP contribution >= 0.6 is 0 Å². The maximum atomic E-state index is 12.0. The third kappa shape index (κ3) is 2.42. The van der Waals surface area contributed by atoms with E-state index in [1.807, 2.05) is 37.4 Å². The van der Waals surface area contributed by atoms with Crippen molar-refractivity contribution < 1.29 is 9.21 Å². The molecule has 1 amide bonds. The van der Waals surface area contributed by atoms with Crippen molar-refractivity contribution in [3.8, 4) is 0 Å². The van der Waals surface area contributed by atoms with Crippen LogP contribution in [-0.2, 0) is 17.8 Å². The van der Waals surface area contributed by atoms with Crippen LogP contribution in [0.4, 0.5) is 0 Å². The molecule has 2 aromatic heterocycles. The minimum atomic E-state index is -0.0365. The van der Waals surface area contributed by atoms with E-state index in [2.05, 4.69) is 15.3 Å². The van der Waals surface area contributed by atoms with Gasteiger partial charge >= 0.3 is 0 Å². The highest BCUT2D eigenvalue weighted by atomic mass is 16.3. The lowest BCUT2D eigenvalue weighted by atomic mass is 10.1. The molecule has 0 bridgehead atoms. The molecule has 5 heteroatoms. The average molecular weight is 269 g/mol. The van der Waals surface area contributed by atoms with E-state index in [-0.39, 0.29) is 5.91 Å². The van der Waals surface area contributed by atoms with Gasteiger partial charge in [0.1, 0.15) is 5.76 Å². The lowest BCUT2D eigenvalue weighted by Gasteiger charge is -2.03. The van der Waals surface area contributed by atoms with Crippen LogP contribution in [0, 0.1) is 6.92 Å². The van der Waals surface area contributed by atoms with Crippen LogP contribution in [0.2, 0.25) is 0 Å². The van der Waals surface area contributed by atoms with Gasteiger partial charge in [-0.1, -0.05) is 18.2 Å². The van der Waals surface area contributed by atoms with Crippen LogP contribution in [0.15, 0.2) is 41.3 Å². The van der Waals surface area contributed by atoms with Crippen molar-refractivity contribution in [3.63, 3.8) is 0 Å². The molecule has 0 radical (unpaired) electrons. The van der Waals surface area contributed by atoms with E-state index in [4.69, 9.17) is 4.42 Å². The fourth-order valence-electron chi connectivity index (χ4n) is 2.19. The van der Waals surface area contributed by atoms with Gasteiger partial charge < -0.3 is 14.7 Å². The predicted octanol–water partition coefficient (Wildman–Crippen LogP) is 2.32. The Labute approximate surface area is 116 Å². The van der Waals surface area contributed by atoms with Crippen molar-refractivity contribution in [1.29, 1.82) is 0 Å². The molecule has 3 rings (SSSR count). The van der Waals surface area contributed by atoms with Crippen molar-refractivity contribution >= 4 is 16.8 Å². The number of fused-ring (bicyclic) bond motifs is 1. The molecule has 0 atom stereocenters. The summed E-state index contributed by atoms with van der Waals surface area (Å²) in [6.45, 7) is 2.22. The lowest BCUT2D eigenvalue weighted by molar-refractivity contribution is -0.120. The number of aryl methyl sites for hydroxylation is 1. The van der Waals surface area contributed by atoms with E-state index in [1.54, 1.807) is 0 Å². The number of aromatic amines is 1. The third-order valence-corrected chi connectivity index (χ3v) is 3.32. The molecule has 0 saturated carbocycles. The third-order valence-electron chi connectivity index (χ3n) is 3.32. The fourth-order valence-corrected chi connectivity index (χ4v) is 2.19. The summed E-state index contributed by atoms with van der Waals surface area (Å²) in [5.41, 5.74) is 2.84. The topological polar surface area (TPSA) is 70.9 Å². The molecule has 102 valence electrons. The number of benzene rings is 1. The Morgan fingerprint density at radius 1 is 1.40 bits per heavy atom. The Bertz CT molecular complexity index is 742. The van der Waals surface area contributed by atoms with Crippen LogP contribution in [0.3, 0.4) is 0 Å². The van der Waals surface area contributed by atoms with Crippen molar-refractivity contribution in [3.05, 3.63) is 53.9 Å². The number of aromatic nitrogens is 2. The number of para-hydroxylation sites is 1. The smallest absolute Gasteiger partial charge is 0.224 e. The highest BCUT2D eigenvalue weighted by Crippen LogP contribution is 2.18. The van der Waals surface area contributed by atoms with Gasteiger partial charge in [-0.3, -0.25) is 4.79 Å². The number of carbonyl (C=O) groups is 1. The molecule has 5 nitrogen and oxygen atoms in total. The van der Waals surface area contributed by atoms with E-state index < -0.39 is 0 Å². The Hall–Kier alpha value is -2.56. The van der Waals surface area contributed by atoms with Gasteiger partial charge in [-0.05, 0) is 18.6 Å². The quantitative estimate of drug-likeness (QED) is 0.763. The maximum absolute atomic E-state index is 12.0. The molecule has 0 spiro atoms. The summed E-state index contributed by atoms with van der Waals surface area (Å²) in [5.74, 6) is 0.655. The number of rotatable bonds is 4. The first-order valence-corrected chi connectivity index (χ1v) is 6.44. The molecule has 2 N–H and O–H groups in total. The van der Waals surface area contributed by atoms with Crippen molar-refractivity contribution in [2.45, 2.75) is 19.9 Å². The maximum Gasteiger partial charge on any atom is 0.224 e. The SMILES string of the molecule is Cc1ncoc1CNC(=O)Cc1c[nH]c2ccccc12. The monoisotopic (exact) mass is 269 g/mol. The van der Waals surface area contributed by atoms with Gasteiger partial charge in [0.2, 0.25) is 5.91 Å². The number of amides is 1. The summed E-state index contributed by atoms with van der Waals surface area (Å²) in [6, 6.07) is 7.94. The molecule has 3 aromatic rings. The van der Waals surface area contributed by atoms with Crippen LogP contribution in [0.1, 0.15) is 17.0 Å². The zero-order valence-electron chi connectivity index (χ0n) is 11.1. The molecule has 0 aliphatic heterocycles. The molecule has 2 heterocycles. The fraction of sp³-hybridized carbons (Fsp3) is 0.200. The minimum Gasteiger partial charge on any atom is -0.446 e. The molecule has 0 unspecified atom stereocenters. The first kappa shape index (κ1) is 12.5. The summed E-state index contributed by atoms with van der Waals surface area (Å²) in [6.07, 6.45) is 3.61. The molecule has 0 aliphatic carbocycles. The van der Waals surface area contributed by atoms with Gasteiger partial charge in [-0.2, -0.15) is 0 Å². The molecule has 0 aliphatic rings. The number of nitrogens with zero attached hydrogens (tertiary/aromatic N) is 1. The zero-order chi connectivity index (χ0) is 13.9. The van der Waals surface area contributed by atoms with Gasteiger partial charge in [0.05, 0.1) is 18.7 Å². The normalized spacial score (nSPS) is 10.8. The molecule has 0 saturated heterocycles. The van der Waals surface area contributed by atoms with Gasteiger partial charge in [-0.25, -0.2) is 4.98 Å². The van der Waals surface area contributed by atoms with E-state index in [0.29, 0.717) is 18.7 Å². The van der Waals surface area contributed by atoms with Gasteiger partial charge in [0, 0.05) is 17.1 Å². The highest BCUT2D eigenvalue weighted by molar-refractivity contribution is 5.88. The number of oxazole rings is 1. The second-order valence-electron chi connectivity index (χ2n) is 4.67. The van der Waals surface area contributed by atoms with Crippen LogP contribution in [-0.4, -0.2) is 15.9 Å². The molecule has 20 heavy (non-hydrogen) atoms. The highest BCUT2D eigenvalue weighted by Gasteiger charge is 2.10. The number of hydrogen-bond acceptors (Lipinski definition) is 3. The van der Waals surface area contributed by atoms with Crippen LogP contribution in [0.25, 0.3) is 10.9 Å². The van der Waals surface area contributed by atoms with Crippen molar-refractivity contribution in [2.75, 3.05) is 0 Å². The standard InChI is InChI=1S/C15H15N3O2/c1-10-14(20-9-18-10)8-17-15(19)6-11-7-16-13-5-3-2-4-12(11)13/h2-5,7,9,16H,6,8H2,1H3,(H,17,19). The Morgan fingerprint density at radius 3 is 3.05 bits per heavy atom. The average Bonchev–Trinajstić information content (AvgIpc) is 3.04. The number of carbonyl (C=O) groups excluding carboxylic acids is 1. The van der Waals surface area contributed by atoms with Gasteiger partial charge in [0.25, 0.3) is 0 Å². The first-order chi connectivity index (χ1) is 9.74. The first-order valence-electron chi connectivity index (χ1n) is 6.44. The predicted molar refractivity (Wildman–Crippen MR) is 75.1 cm³/mol. The zero-order valence-corrected chi connectivity index (χ0v) is 11.1. The summed E-state index contributed by atoms with van der Waals surface area (Å²) in [7, 11) is 0. The Morgan fingerprint density at radius 2 is 2.25 bits per heavy atom. The van der Waals surface area contributed by atoms with Crippen LogP contribution < -0.4 is 5.32 Å². The Balaban J connectivity index is 1.66. The summed E-state index contributed by atoms with van der Waals surface area (Å²) in [5, 5.41) is 3.92. The molecular formula is C15H15N3O2. The second kappa shape index (κ2) is 5.21. The molecular weight excluding hydrogens is 254 g/mol. The van der Waals surface area contributed by atoms with E-state index >= 15 is 0 Å². The molecule has 1 aromatic carbocycles. The molecule has 0 fully saturated rings. The minimum absolute atomic E-state index is 0.0365. The summed E-state index contributed by atoms with van der Waals surface area (Å²) < 4.78 is 5.19. The summed E-state index contributed by atoms with van der Waals surface area (Å²) >= 11 is 0. The van der Waals surface area contributed by atoms with E-state index in [1.165, 1.54) is 6.39 Å². The summed E-state index contributed by atoms with van der Waals surface area (Å²) in [4.78, 5) is 19.1. The number of nitrogens with one attached hydrogen (secondary N) is 2. The van der Waals surface area contributed by atoms with E-state index in [0.717, 1.165) is 22.2 Å².